The molecule has 0 aromatic carbocycles. The minimum atomic E-state index is 0.331. The van der Waals surface area contributed by atoms with E-state index < -0.39 is 0 Å². The van der Waals surface area contributed by atoms with E-state index in [9.17, 15) is 0 Å². The number of halogens is 1. The van der Waals surface area contributed by atoms with Crippen molar-refractivity contribution >= 4 is 11.6 Å². The van der Waals surface area contributed by atoms with Gasteiger partial charge >= 0.3 is 0 Å². The van der Waals surface area contributed by atoms with Gasteiger partial charge in [0.25, 0.3) is 0 Å². The molecule has 20 heavy (non-hydrogen) atoms. The molecule has 1 aliphatic carbocycles. The third kappa shape index (κ3) is 3.76. The molecule has 1 aliphatic rings. The second kappa shape index (κ2) is 7.46. The van der Waals surface area contributed by atoms with E-state index in [4.69, 9.17) is 11.6 Å². The molecule has 3 nitrogen and oxygen atoms in total. The van der Waals surface area contributed by atoms with Crippen molar-refractivity contribution in [3.8, 4) is 0 Å². The molecule has 0 spiro atoms. The lowest BCUT2D eigenvalue weighted by molar-refractivity contribution is 0.387. The molecule has 1 saturated carbocycles. The molecule has 1 atom stereocenters. The zero-order valence-electron chi connectivity index (χ0n) is 13.0. The second-order valence-corrected chi connectivity index (χ2v) is 6.66. The Morgan fingerprint density at radius 1 is 1.40 bits per heavy atom. The Morgan fingerprint density at radius 2 is 2.10 bits per heavy atom. The number of hydrogen-bond acceptors (Lipinski definition) is 2. The minimum Gasteiger partial charge on any atom is -0.309 e. The zero-order chi connectivity index (χ0) is 14.5. The zero-order valence-corrected chi connectivity index (χ0v) is 13.8. The normalized spacial score (nSPS) is 18.1. The predicted octanol–water partition coefficient (Wildman–Crippen LogP) is 4.74. The van der Waals surface area contributed by atoms with Crippen molar-refractivity contribution in [2.45, 2.75) is 71.4 Å². The first-order valence-electron chi connectivity index (χ1n) is 8.09. The van der Waals surface area contributed by atoms with Crippen LogP contribution in [0.5, 0.6) is 0 Å². The average Bonchev–Trinajstić information content (AvgIpc) is 3.04. The van der Waals surface area contributed by atoms with Gasteiger partial charge in [-0.05, 0) is 39.2 Å². The summed E-state index contributed by atoms with van der Waals surface area (Å²) in [5.41, 5.74) is 1.17. The molecule has 1 heterocycles. The maximum atomic E-state index is 6.39. The quantitative estimate of drug-likeness (QED) is 0.788. The number of hydrogen-bond donors (Lipinski definition) is 1. The summed E-state index contributed by atoms with van der Waals surface area (Å²) in [6.07, 6.45) is 9.92. The van der Waals surface area contributed by atoms with Crippen LogP contribution in [-0.2, 0) is 0 Å². The molecule has 2 rings (SSSR count). The Bertz CT molecular complexity index is 408. The van der Waals surface area contributed by atoms with E-state index in [2.05, 4.69) is 35.9 Å². The second-order valence-electron chi connectivity index (χ2n) is 6.25. The molecule has 1 fully saturated rings. The standard InChI is InChI=1S/C16H28ClN3/c1-4-18-15(10-9-13-7-5-6-8-13)16-14(17)11-19-20(16)12(2)3/h11-13,15,18H,4-10H2,1-3H3. The molecular formula is C16H28ClN3. The molecule has 1 N–H and O–H groups in total. The third-order valence-electron chi connectivity index (χ3n) is 4.40. The fraction of sp³-hybridized carbons (Fsp3) is 0.812. The van der Waals surface area contributed by atoms with Gasteiger partial charge < -0.3 is 5.32 Å². The first-order valence-corrected chi connectivity index (χ1v) is 8.47. The van der Waals surface area contributed by atoms with Crippen molar-refractivity contribution in [2.24, 2.45) is 5.92 Å². The van der Waals surface area contributed by atoms with Gasteiger partial charge in [0.2, 0.25) is 0 Å². The molecule has 0 saturated heterocycles. The largest absolute Gasteiger partial charge is 0.309 e. The number of rotatable bonds is 7. The highest BCUT2D eigenvalue weighted by molar-refractivity contribution is 6.31. The topological polar surface area (TPSA) is 29.9 Å². The van der Waals surface area contributed by atoms with E-state index in [0.29, 0.717) is 12.1 Å². The SMILES string of the molecule is CCNC(CCC1CCCC1)c1c(Cl)cnn1C(C)C. The van der Waals surface area contributed by atoms with Gasteiger partial charge in [0.1, 0.15) is 0 Å². The van der Waals surface area contributed by atoms with Gasteiger partial charge in [0.05, 0.1) is 23.0 Å². The van der Waals surface area contributed by atoms with Gasteiger partial charge in [0, 0.05) is 6.04 Å². The molecule has 0 aliphatic heterocycles. The van der Waals surface area contributed by atoms with Crippen molar-refractivity contribution in [3.05, 3.63) is 16.9 Å². The van der Waals surface area contributed by atoms with Crippen LogP contribution in [0.15, 0.2) is 6.20 Å². The Labute approximate surface area is 128 Å². The predicted molar refractivity (Wildman–Crippen MR) is 85.2 cm³/mol. The number of aromatic nitrogens is 2. The van der Waals surface area contributed by atoms with Crippen molar-refractivity contribution < 1.29 is 0 Å². The van der Waals surface area contributed by atoms with E-state index >= 15 is 0 Å². The summed E-state index contributed by atoms with van der Waals surface area (Å²) < 4.78 is 2.07. The molecule has 1 aromatic heterocycles. The maximum Gasteiger partial charge on any atom is 0.0834 e. The van der Waals surface area contributed by atoms with E-state index in [0.717, 1.165) is 23.9 Å². The number of nitrogens with zero attached hydrogens (tertiary/aromatic N) is 2. The molecule has 1 unspecified atom stereocenters. The molecule has 4 heteroatoms. The van der Waals surface area contributed by atoms with Crippen molar-refractivity contribution in [2.75, 3.05) is 6.54 Å². The Balaban J connectivity index is 2.08. The smallest absolute Gasteiger partial charge is 0.0834 e. The van der Waals surface area contributed by atoms with Gasteiger partial charge in [-0.2, -0.15) is 5.10 Å². The molecular weight excluding hydrogens is 270 g/mol. The summed E-state index contributed by atoms with van der Waals surface area (Å²) >= 11 is 6.39. The summed E-state index contributed by atoms with van der Waals surface area (Å²) in [6, 6.07) is 0.683. The highest BCUT2D eigenvalue weighted by atomic mass is 35.5. The summed E-state index contributed by atoms with van der Waals surface area (Å²) in [4.78, 5) is 0. The highest BCUT2D eigenvalue weighted by Crippen LogP contribution is 2.33. The molecule has 0 bridgehead atoms. The fourth-order valence-corrected chi connectivity index (χ4v) is 3.63. The first-order chi connectivity index (χ1) is 9.63. The summed E-state index contributed by atoms with van der Waals surface area (Å²) in [6.45, 7) is 7.45. The van der Waals surface area contributed by atoms with Crippen LogP contribution in [0.2, 0.25) is 5.02 Å². The fourth-order valence-electron chi connectivity index (χ4n) is 3.37. The lowest BCUT2D eigenvalue weighted by Gasteiger charge is -2.23. The number of nitrogens with one attached hydrogen (secondary N) is 1. The Kier molecular flexibility index (Phi) is 5.91. The first kappa shape index (κ1) is 15.8. The molecule has 0 amide bonds. The van der Waals surface area contributed by atoms with Crippen LogP contribution in [0.4, 0.5) is 0 Å². The van der Waals surface area contributed by atoms with Crippen LogP contribution in [-0.4, -0.2) is 16.3 Å². The van der Waals surface area contributed by atoms with E-state index in [1.807, 2.05) is 0 Å². The van der Waals surface area contributed by atoms with Gasteiger partial charge in [-0.25, -0.2) is 0 Å². The maximum absolute atomic E-state index is 6.39. The molecule has 1 aromatic rings. The van der Waals surface area contributed by atoms with Crippen LogP contribution in [0.3, 0.4) is 0 Å². The van der Waals surface area contributed by atoms with Crippen molar-refractivity contribution in [3.63, 3.8) is 0 Å². The monoisotopic (exact) mass is 297 g/mol. The van der Waals surface area contributed by atoms with E-state index in [-0.39, 0.29) is 0 Å². The molecule has 0 radical (unpaired) electrons. The van der Waals surface area contributed by atoms with Crippen LogP contribution >= 0.6 is 11.6 Å². The minimum absolute atomic E-state index is 0.331. The summed E-state index contributed by atoms with van der Waals surface area (Å²) in [7, 11) is 0. The van der Waals surface area contributed by atoms with Gasteiger partial charge in [-0.15, -0.1) is 0 Å². The Morgan fingerprint density at radius 3 is 2.70 bits per heavy atom. The lowest BCUT2D eigenvalue weighted by Crippen LogP contribution is -2.25. The van der Waals surface area contributed by atoms with Crippen LogP contribution < -0.4 is 5.32 Å². The van der Waals surface area contributed by atoms with Crippen molar-refractivity contribution in [1.29, 1.82) is 0 Å². The van der Waals surface area contributed by atoms with Crippen LogP contribution in [0.1, 0.15) is 77.1 Å². The molecule has 114 valence electrons. The highest BCUT2D eigenvalue weighted by Gasteiger charge is 2.23. The van der Waals surface area contributed by atoms with Gasteiger partial charge in [0.15, 0.2) is 0 Å². The van der Waals surface area contributed by atoms with Gasteiger partial charge in [-0.1, -0.05) is 44.2 Å². The average molecular weight is 298 g/mol. The Hall–Kier alpha value is -0.540. The lowest BCUT2D eigenvalue weighted by atomic mass is 9.97. The van der Waals surface area contributed by atoms with Gasteiger partial charge in [-0.3, -0.25) is 4.68 Å². The van der Waals surface area contributed by atoms with Crippen molar-refractivity contribution in [1.82, 2.24) is 15.1 Å². The van der Waals surface area contributed by atoms with Crippen LogP contribution in [0, 0.1) is 5.92 Å². The van der Waals surface area contributed by atoms with E-state index in [1.54, 1.807) is 6.20 Å². The summed E-state index contributed by atoms with van der Waals surface area (Å²) in [5, 5.41) is 8.84. The third-order valence-corrected chi connectivity index (χ3v) is 4.69. The van der Waals surface area contributed by atoms with Crippen LogP contribution in [0.25, 0.3) is 0 Å². The van der Waals surface area contributed by atoms with E-state index in [1.165, 1.54) is 37.8 Å². The summed E-state index contributed by atoms with van der Waals surface area (Å²) in [5.74, 6) is 0.922.